The Balaban J connectivity index is 0. The van der Waals surface area contributed by atoms with Crippen LogP contribution in [0.3, 0.4) is 0 Å². The van der Waals surface area contributed by atoms with Crippen LogP contribution in [0, 0.1) is 29.9 Å². The van der Waals surface area contributed by atoms with E-state index in [1.165, 1.54) is 6.92 Å². The number of carbonyl (C=O) groups is 1. The summed E-state index contributed by atoms with van der Waals surface area (Å²) in [5, 5.41) is 0. The third-order valence-electron chi connectivity index (χ3n) is 0.144. The van der Waals surface area contributed by atoms with Crippen molar-refractivity contribution in [1.82, 2.24) is 0 Å². The fourth-order valence-corrected chi connectivity index (χ4v) is 0. The number of hydrogen-bond acceptors (Lipinski definition) is 2. The largest absolute Gasteiger partial charge is 0.412 e. The summed E-state index contributed by atoms with van der Waals surface area (Å²) >= 11 is 0.349. The van der Waals surface area contributed by atoms with Crippen LogP contribution in [-0.2, 0) is 7.04 Å². The van der Waals surface area contributed by atoms with Crippen LogP contribution in [0.1, 0.15) is 6.92 Å². The average Bonchev–Trinajstić information content (AvgIpc) is 1.38. The van der Waals surface area contributed by atoms with Crippen molar-refractivity contribution in [2.75, 3.05) is 0 Å². The first kappa shape index (κ1) is 9.70. The van der Waals surface area contributed by atoms with Crippen LogP contribution in [0.5, 0.6) is 0 Å². The van der Waals surface area contributed by atoms with Gasteiger partial charge in [0, 0.05) is 0 Å². The normalized spacial score (nSPS) is 5.83. The van der Waals surface area contributed by atoms with Crippen LogP contribution in [0.4, 0.5) is 0 Å². The van der Waals surface area contributed by atoms with Gasteiger partial charge in [-0.15, -0.1) is 0 Å². The van der Waals surface area contributed by atoms with E-state index in [0.29, 0.717) is 29.9 Å². The van der Waals surface area contributed by atoms with E-state index in [1.807, 2.05) is 0 Å². The topological polar surface area (TPSA) is 57.8 Å². The van der Waals surface area contributed by atoms with Crippen molar-refractivity contribution in [2.45, 2.75) is 6.92 Å². The molecule has 0 bridgehead atoms. The molecule has 0 saturated carbocycles. The third-order valence-corrected chi connectivity index (χ3v) is 1.34. The number of carbonyl (C=O) groups excluding carboxylic acids is 1. The predicted molar refractivity (Wildman–Crippen MR) is 15.4 cm³/mol. The summed E-state index contributed by atoms with van der Waals surface area (Å²) in [6.45, 7) is 1.40. The van der Waals surface area contributed by atoms with Gasteiger partial charge in [-0.2, -0.15) is 0 Å². The molecule has 0 aliphatic carbocycles. The van der Waals surface area contributed by atoms with E-state index < -0.39 is 0 Å². The Hall–Kier alpha value is 0.482. The molecule has 0 spiro atoms. The van der Waals surface area contributed by atoms with E-state index >= 15 is 0 Å². The van der Waals surface area contributed by atoms with Crippen LogP contribution < -0.4 is 0 Å². The van der Waals surface area contributed by atoms with Gasteiger partial charge in [0.2, 0.25) is 0 Å². The summed E-state index contributed by atoms with van der Waals surface area (Å²) in [5.74, 6) is -0.171. The van der Waals surface area contributed by atoms with E-state index in [0.717, 1.165) is 0 Å². The molecule has 0 fully saturated rings. The van der Waals surface area contributed by atoms with Crippen molar-refractivity contribution in [3.63, 3.8) is 0 Å². The van der Waals surface area contributed by atoms with E-state index in [-0.39, 0.29) is 11.4 Å². The minimum atomic E-state index is -0.171. The van der Waals surface area contributed by atoms with E-state index in [9.17, 15) is 4.79 Å². The van der Waals surface area contributed by atoms with Gasteiger partial charge in [0.05, 0.1) is 0 Å². The molecule has 0 aliphatic rings. The van der Waals surface area contributed by atoms with E-state index in [2.05, 4.69) is 2.24 Å². The molecule has 0 aromatic rings. The fraction of sp³-hybridized carbons (Fsp3) is 0.500. The molecule has 0 unspecified atom stereocenters. The molecule has 0 saturated heterocycles. The summed E-state index contributed by atoms with van der Waals surface area (Å²) in [7, 11) is 0. The van der Waals surface area contributed by atoms with Gasteiger partial charge < -0.3 is 5.48 Å². The maximum Gasteiger partial charge on any atom is -0.412 e. The predicted octanol–water partition coefficient (Wildman–Crippen LogP) is -0.811. The SMILES string of the molecule is CC(=O)[O][U].O. The first-order chi connectivity index (χ1) is 2.27. The Labute approximate surface area is 55.4 Å². The summed E-state index contributed by atoms with van der Waals surface area (Å²) in [4.78, 5) is 9.63. The Morgan fingerprint density at radius 1 is 1.83 bits per heavy atom. The second-order valence-electron chi connectivity index (χ2n) is 0.594. The van der Waals surface area contributed by atoms with Gasteiger partial charge in [-0.1, -0.05) is 0 Å². The van der Waals surface area contributed by atoms with Crippen molar-refractivity contribution < 1.29 is 42.4 Å². The molecule has 0 aromatic heterocycles. The zero-order chi connectivity index (χ0) is 4.28. The Morgan fingerprint density at radius 2 is 2.00 bits per heavy atom. The third kappa shape index (κ3) is 8.82. The van der Waals surface area contributed by atoms with Gasteiger partial charge in [-0.3, -0.25) is 0 Å². The summed E-state index contributed by atoms with van der Waals surface area (Å²) in [6, 6.07) is 0. The molecular weight excluding hydrogens is 310 g/mol. The zero-order valence-electron chi connectivity index (χ0n) is 3.32. The fourth-order valence-electron chi connectivity index (χ4n) is 0. The molecule has 0 heterocycles. The Kier molecular flexibility index (Phi) is 8.86. The summed E-state index contributed by atoms with van der Waals surface area (Å²) < 4.78 is 4.28. The molecule has 0 rings (SSSR count). The van der Waals surface area contributed by atoms with E-state index in [4.69, 9.17) is 0 Å². The smallest absolute Gasteiger partial charge is 0.412 e. The molecule has 0 aliphatic heterocycles. The minimum Gasteiger partial charge on any atom is -0.412 e. The van der Waals surface area contributed by atoms with Crippen molar-refractivity contribution >= 4 is 5.97 Å². The number of hydrogen-bond donors (Lipinski definition) is 0. The number of rotatable bonds is 0. The van der Waals surface area contributed by atoms with Gasteiger partial charge >= 0.3 is 49.8 Å². The van der Waals surface area contributed by atoms with Gasteiger partial charge in [0.25, 0.3) is 0 Å². The second kappa shape index (κ2) is 5.48. The van der Waals surface area contributed by atoms with Gasteiger partial charge in [0.1, 0.15) is 0 Å². The average molecular weight is 315 g/mol. The quantitative estimate of drug-likeness (QED) is 0.587. The van der Waals surface area contributed by atoms with Crippen LogP contribution in [0.25, 0.3) is 0 Å². The van der Waals surface area contributed by atoms with Gasteiger partial charge in [-0.25, -0.2) is 0 Å². The minimum absolute atomic E-state index is 0. The second-order valence-corrected chi connectivity index (χ2v) is 1.44. The van der Waals surface area contributed by atoms with Crippen molar-refractivity contribution in [3.05, 3.63) is 0 Å². The van der Waals surface area contributed by atoms with Crippen LogP contribution in [0.15, 0.2) is 0 Å². The first-order valence-electron chi connectivity index (χ1n) is 1.11. The molecule has 0 amide bonds. The molecule has 35 valence electrons. The molecule has 0 aromatic carbocycles. The van der Waals surface area contributed by atoms with Gasteiger partial charge in [0.15, 0.2) is 0 Å². The molecule has 6 heavy (non-hydrogen) atoms. The standard InChI is InChI=1S/C2H4O2.H2O.U/c1-2(3)4;;/h1H3,(H,3,4);1H2;/q;;+1/p-1. The first-order valence-corrected chi connectivity index (χ1v) is 2.81. The molecule has 0 radical (unpaired) electrons. The molecule has 4 heteroatoms. The van der Waals surface area contributed by atoms with Crippen molar-refractivity contribution in [1.29, 1.82) is 0 Å². The molecular formula is C2H5O3U. The van der Waals surface area contributed by atoms with Crippen LogP contribution >= 0.6 is 0 Å². The van der Waals surface area contributed by atoms with Crippen molar-refractivity contribution in [3.8, 4) is 0 Å². The van der Waals surface area contributed by atoms with Gasteiger partial charge in [-0.05, 0) is 0 Å². The zero-order valence-corrected chi connectivity index (χ0v) is 7.48. The Bertz CT molecular complexity index is 44.1. The Morgan fingerprint density at radius 3 is 2.00 bits per heavy atom. The summed E-state index contributed by atoms with van der Waals surface area (Å²) in [6.07, 6.45) is 0. The maximum absolute atomic E-state index is 9.63. The molecule has 3 nitrogen and oxygen atoms in total. The molecule has 0 atom stereocenters. The molecule has 2 N–H and O–H groups in total. The van der Waals surface area contributed by atoms with E-state index in [1.54, 1.807) is 0 Å². The summed E-state index contributed by atoms with van der Waals surface area (Å²) in [5.41, 5.74) is 0. The monoisotopic (exact) mass is 315 g/mol. The maximum atomic E-state index is 9.63. The van der Waals surface area contributed by atoms with Crippen LogP contribution in [-0.4, -0.2) is 11.4 Å². The van der Waals surface area contributed by atoms with Crippen LogP contribution in [0.2, 0.25) is 0 Å². The van der Waals surface area contributed by atoms with Crippen molar-refractivity contribution in [2.24, 2.45) is 0 Å².